The third-order valence-corrected chi connectivity index (χ3v) is 10.5. The summed E-state index contributed by atoms with van der Waals surface area (Å²) in [7, 11) is 4.45. The average molecular weight is 720 g/mol. The van der Waals surface area contributed by atoms with Crippen molar-refractivity contribution >= 4 is 45.1 Å². The van der Waals surface area contributed by atoms with Crippen LogP contribution in [0.2, 0.25) is 0 Å². The zero-order chi connectivity index (χ0) is 36.8. The van der Waals surface area contributed by atoms with Crippen LogP contribution in [0, 0.1) is 11.3 Å². The van der Waals surface area contributed by atoms with E-state index in [1.807, 2.05) is 19.9 Å². The van der Waals surface area contributed by atoms with Gasteiger partial charge in [0.15, 0.2) is 11.7 Å². The van der Waals surface area contributed by atoms with Crippen molar-refractivity contribution in [3.05, 3.63) is 72.9 Å². The molecule has 7 N–H and O–H groups in total. The molecule has 1 atom stereocenters. The van der Waals surface area contributed by atoms with Crippen molar-refractivity contribution in [1.82, 2.24) is 15.5 Å². The summed E-state index contributed by atoms with van der Waals surface area (Å²) in [6.07, 6.45) is 32.5. The van der Waals surface area contributed by atoms with Crippen LogP contribution in [0.5, 0.6) is 0 Å². The fourth-order valence-corrected chi connectivity index (χ4v) is 6.81. The Morgan fingerprint density at radius 2 is 1.35 bits per heavy atom. The molecule has 0 aliphatic carbocycles. The number of guanidine groups is 1. The molecule has 2 amide bonds. The number of ketones is 1. The van der Waals surface area contributed by atoms with Crippen molar-refractivity contribution in [2.45, 2.75) is 89.3 Å². The van der Waals surface area contributed by atoms with E-state index < -0.39 is 35.8 Å². The predicted octanol–water partition coefficient (Wildman–Crippen LogP) is 5.61. The van der Waals surface area contributed by atoms with E-state index in [-0.39, 0.29) is 30.6 Å². The van der Waals surface area contributed by atoms with Gasteiger partial charge in [0.2, 0.25) is 11.8 Å². The molecule has 0 aliphatic heterocycles. The molecule has 0 spiro atoms. The second-order valence-electron chi connectivity index (χ2n) is 11.9. The van der Waals surface area contributed by atoms with E-state index in [1.165, 1.54) is 33.5 Å². The third kappa shape index (κ3) is 25.6. The standard InChI is InChI=1S/C37H61N5O5S2/c1-5-6-7-8-9-10-11-12-13-14-15-16-17-18-19-20-21-22-23-24-34(46)40-25-26-48-49-37(2,3)33(35(47)41-31(29-43)30-44)27-32(45)28-42(4)36(38)39/h6-7,9-10,12-13,15-16,18-19,21-22,31,33,43-44H,5,8,11,14,17,20,23-30H2,1-4H3,(H3,38,39)(H,40,46)(H,41,47)/b7-6-,10-9-,13-12-,16-15-,19-18-,22-21-/t33-/m1/s1. The van der Waals surface area contributed by atoms with Gasteiger partial charge in [-0.2, -0.15) is 0 Å². The van der Waals surface area contributed by atoms with E-state index in [4.69, 9.17) is 11.1 Å². The molecule has 276 valence electrons. The number of hydrogen-bond acceptors (Lipinski definition) is 8. The number of aliphatic hydroxyl groups excluding tert-OH is 2. The molecule has 0 saturated heterocycles. The van der Waals surface area contributed by atoms with Gasteiger partial charge in [0.25, 0.3) is 0 Å². The van der Waals surface area contributed by atoms with E-state index >= 15 is 0 Å². The SMILES string of the molecule is CC/C=C\C/C=C\C/C=C\C/C=C\C/C=C\C/C=C\CCC(=O)NCCSSC(C)(C)[C@H](CC(=O)CN(C)C(=N)N)C(=O)NC(CO)CO. The Kier molecular flexibility index (Phi) is 28.0. The van der Waals surface area contributed by atoms with Crippen molar-refractivity contribution in [2.75, 3.05) is 39.1 Å². The first kappa shape index (κ1) is 45.9. The molecule has 0 unspecified atom stereocenters. The van der Waals surface area contributed by atoms with E-state index in [0.717, 1.165) is 38.5 Å². The quantitative estimate of drug-likeness (QED) is 0.0198. The van der Waals surface area contributed by atoms with Gasteiger partial charge in [-0.25, -0.2) is 0 Å². The minimum Gasteiger partial charge on any atom is -0.394 e. The summed E-state index contributed by atoms with van der Waals surface area (Å²) >= 11 is 0. The van der Waals surface area contributed by atoms with Gasteiger partial charge in [-0.3, -0.25) is 19.8 Å². The number of Topliss-reactive ketones (excluding diaryl/α,β-unsaturated/α-hetero) is 1. The Balaban J connectivity index is 4.38. The number of carbonyl (C=O) groups is 3. The Morgan fingerprint density at radius 3 is 1.82 bits per heavy atom. The monoisotopic (exact) mass is 719 g/mol. The van der Waals surface area contributed by atoms with Gasteiger partial charge in [0.05, 0.1) is 31.7 Å². The molecule has 0 fully saturated rings. The lowest BCUT2D eigenvalue weighted by Gasteiger charge is -2.33. The second-order valence-corrected chi connectivity index (χ2v) is 15.0. The molecule has 49 heavy (non-hydrogen) atoms. The van der Waals surface area contributed by atoms with Crippen LogP contribution in [0.15, 0.2) is 72.9 Å². The zero-order valence-electron chi connectivity index (χ0n) is 29.9. The topological polar surface area (TPSA) is 169 Å². The van der Waals surface area contributed by atoms with E-state index in [2.05, 4.69) is 84.4 Å². The summed E-state index contributed by atoms with van der Waals surface area (Å²) in [4.78, 5) is 39.4. The van der Waals surface area contributed by atoms with Crippen LogP contribution in [-0.2, 0) is 14.4 Å². The minimum atomic E-state index is -0.832. The number of nitrogens with one attached hydrogen (secondary N) is 3. The Morgan fingerprint density at radius 1 is 0.857 bits per heavy atom. The van der Waals surface area contributed by atoms with Crippen LogP contribution < -0.4 is 16.4 Å². The molecule has 0 aromatic rings. The molecule has 0 saturated carbocycles. The molecule has 0 rings (SSSR count). The Hall–Kier alpha value is -3.06. The summed E-state index contributed by atoms with van der Waals surface area (Å²) in [6.45, 7) is 5.34. The van der Waals surface area contributed by atoms with Gasteiger partial charge in [-0.05, 0) is 58.8 Å². The van der Waals surface area contributed by atoms with Crippen LogP contribution >= 0.6 is 21.6 Å². The van der Waals surface area contributed by atoms with Crippen molar-refractivity contribution < 1.29 is 24.6 Å². The summed E-state index contributed by atoms with van der Waals surface area (Å²) in [6, 6.07) is -0.832. The fraction of sp³-hybridized carbons (Fsp3) is 0.568. The molecule has 0 heterocycles. The second kappa shape index (κ2) is 29.8. The van der Waals surface area contributed by atoms with E-state index in [0.29, 0.717) is 25.1 Å². The molecule has 12 heteroatoms. The predicted molar refractivity (Wildman–Crippen MR) is 208 cm³/mol. The number of allylic oxidation sites excluding steroid dienone is 12. The summed E-state index contributed by atoms with van der Waals surface area (Å²) in [5.41, 5.74) is 5.44. The maximum atomic E-state index is 13.1. The highest BCUT2D eigenvalue weighted by Crippen LogP contribution is 2.42. The highest BCUT2D eigenvalue weighted by atomic mass is 33.1. The van der Waals surface area contributed by atoms with Gasteiger partial charge in [0.1, 0.15) is 0 Å². The largest absolute Gasteiger partial charge is 0.394 e. The molecular weight excluding hydrogens is 659 g/mol. The molecule has 0 aromatic heterocycles. The number of rotatable bonds is 28. The molecular formula is C37H61N5O5S2. The maximum absolute atomic E-state index is 13.1. The van der Waals surface area contributed by atoms with Crippen LogP contribution in [0.3, 0.4) is 0 Å². The Bertz CT molecular complexity index is 1130. The number of carbonyl (C=O) groups excluding carboxylic acids is 3. The number of nitrogens with zero attached hydrogens (tertiary/aromatic N) is 1. The summed E-state index contributed by atoms with van der Waals surface area (Å²) < 4.78 is -0.700. The average Bonchev–Trinajstić information content (AvgIpc) is 3.06. The molecule has 10 nitrogen and oxygen atoms in total. The fourth-order valence-electron chi connectivity index (χ4n) is 4.17. The van der Waals surface area contributed by atoms with Crippen LogP contribution in [-0.4, -0.2) is 88.6 Å². The van der Waals surface area contributed by atoms with Gasteiger partial charge in [-0.1, -0.05) is 101 Å². The summed E-state index contributed by atoms with van der Waals surface area (Å²) in [5.74, 6) is -1.16. The minimum absolute atomic E-state index is 0.0270. The normalized spacial score (nSPS) is 13.2. The molecule has 0 bridgehead atoms. The van der Waals surface area contributed by atoms with Gasteiger partial charge in [0, 0.05) is 36.9 Å². The third-order valence-electron chi connectivity index (χ3n) is 7.12. The number of hydrogen-bond donors (Lipinski definition) is 6. The highest BCUT2D eigenvalue weighted by Gasteiger charge is 2.38. The lowest BCUT2D eigenvalue weighted by molar-refractivity contribution is -0.131. The van der Waals surface area contributed by atoms with Crippen molar-refractivity contribution in [3.63, 3.8) is 0 Å². The first-order chi connectivity index (χ1) is 23.5. The smallest absolute Gasteiger partial charge is 0.225 e. The lowest BCUT2D eigenvalue weighted by Crippen LogP contribution is -2.49. The number of aliphatic hydroxyl groups is 2. The van der Waals surface area contributed by atoms with Gasteiger partial charge >= 0.3 is 0 Å². The number of amides is 2. The highest BCUT2D eigenvalue weighted by molar-refractivity contribution is 8.77. The van der Waals surface area contributed by atoms with Crippen molar-refractivity contribution in [1.29, 1.82) is 5.41 Å². The van der Waals surface area contributed by atoms with Crippen LogP contribution in [0.4, 0.5) is 0 Å². The Labute approximate surface area is 302 Å². The number of likely N-dealkylation sites (N-methyl/N-ethyl adjacent to an activating group) is 1. The molecule has 0 radical (unpaired) electrons. The van der Waals surface area contributed by atoms with Gasteiger partial charge < -0.3 is 31.5 Å². The van der Waals surface area contributed by atoms with Gasteiger partial charge in [-0.15, -0.1) is 0 Å². The maximum Gasteiger partial charge on any atom is 0.225 e. The van der Waals surface area contributed by atoms with Crippen LogP contribution in [0.1, 0.15) is 78.6 Å². The first-order valence-corrected chi connectivity index (χ1v) is 19.4. The summed E-state index contributed by atoms with van der Waals surface area (Å²) in [5, 5.41) is 31.8. The lowest BCUT2D eigenvalue weighted by atomic mass is 9.88. The van der Waals surface area contributed by atoms with Crippen molar-refractivity contribution in [3.8, 4) is 0 Å². The van der Waals surface area contributed by atoms with Crippen molar-refractivity contribution in [2.24, 2.45) is 11.7 Å². The van der Waals surface area contributed by atoms with E-state index in [9.17, 15) is 24.6 Å². The zero-order valence-corrected chi connectivity index (χ0v) is 31.6. The molecule has 0 aromatic carbocycles. The first-order valence-electron chi connectivity index (χ1n) is 17.0. The number of nitrogens with two attached hydrogens (primary N) is 1. The van der Waals surface area contributed by atoms with E-state index in [1.54, 1.807) is 0 Å². The molecule has 0 aliphatic rings. The van der Waals surface area contributed by atoms with Crippen LogP contribution in [0.25, 0.3) is 0 Å².